The van der Waals surface area contributed by atoms with Gasteiger partial charge in [0.1, 0.15) is 17.3 Å². The van der Waals surface area contributed by atoms with Crippen LogP contribution in [0.3, 0.4) is 0 Å². The van der Waals surface area contributed by atoms with Crippen molar-refractivity contribution in [1.29, 1.82) is 0 Å². The fourth-order valence-electron chi connectivity index (χ4n) is 7.72. The van der Waals surface area contributed by atoms with Crippen LogP contribution in [0.4, 0.5) is 5.69 Å². The van der Waals surface area contributed by atoms with Crippen molar-refractivity contribution in [2.24, 2.45) is 0 Å². The maximum atomic E-state index is 6.65. The van der Waals surface area contributed by atoms with E-state index in [2.05, 4.69) is 156 Å². The van der Waals surface area contributed by atoms with Crippen molar-refractivity contribution in [1.82, 2.24) is 5.32 Å². The first-order chi connectivity index (χ1) is 22.3. The van der Waals surface area contributed by atoms with Gasteiger partial charge >= 0.3 is 0 Å². The minimum absolute atomic E-state index is 0.0682. The van der Waals surface area contributed by atoms with Gasteiger partial charge in [0.05, 0.1) is 6.04 Å². The van der Waals surface area contributed by atoms with E-state index in [0.29, 0.717) is 0 Å². The van der Waals surface area contributed by atoms with Gasteiger partial charge in [-0.15, -0.1) is 0 Å². The van der Waals surface area contributed by atoms with Crippen molar-refractivity contribution >= 4 is 38.4 Å². The van der Waals surface area contributed by atoms with Crippen molar-refractivity contribution in [3.05, 3.63) is 162 Å². The molecule has 0 fully saturated rings. The molecular formula is C42H28N2O. The van der Waals surface area contributed by atoms with Crippen LogP contribution in [0.5, 0.6) is 0 Å². The number of anilines is 1. The highest BCUT2D eigenvalue weighted by Crippen LogP contribution is 2.50. The largest absolute Gasteiger partial charge is 0.456 e. The molecule has 8 aromatic rings. The summed E-state index contributed by atoms with van der Waals surface area (Å²) in [6, 6.07) is 52.6. The number of rotatable bonds is 2. The average molecular weight is 577 g/mol. The van der Waals surface area contributed by atoms with Crippen molar-refractivity contribution in [2.75, 3.05) is 5.32 Å². The Morgan fingerprint density at radius 2 is 1.11 bits per heavy atom. The molecule has 0 radical (unpaired) electrons. The van der Waals surface area contributed by atoms with Crippen molar-refractivity contribution in [3.8, 4) is 33.4 Å². The van der Waals surface area contributed by atoms with Crippen LogP contribution < -0.4 is 10.6 Å². The van der Waals surface area contributed by atoms with Gasteiger partial charge in [-0.2, -0.15) is 0 Å². The second kappa shape index (κ2) is 9.43. The fraction of sp³-hybridized carbons (Fsp3) is 0.0476. The second-order valence-electron chi connectivity index (χ2n) is 12.1. The van der Waals surface area contributed by atoms with E-state index >= 15 is 0 Å². The van der Waals surface area contributed by atoms with Gasteiger partial charge in [0, 0.05) is 16.5 Å². The molecule has 0 bridgehead atoms. The quantitative estimate of drug-likeness (QED) is 0.215. The molecule has 2 heterocycles. The Labute approximate surface area is 260 Å². The normalized spacial score (nSPS) is 16.5. The minimum Gasteiger partial charge on any atom is -0.456 e. The molecule has 0 saturated carbocycles. The summed E-state index contributed by atoms with van der Waals surface area (Å²) in [7, 11) is 0. The third-order valence-corrected chi connectivity index (χ3v) is 9.71. The van der Waals surface area contributed by atoms with Crippen molar-refractivity contribution in [2.45, 2.75) is 12.2 Å². The zero-order chi connectivity index (χ0) is 29.5. The van der Waals surface area contributed by atoms with Crippen LogP contribution in [-0.4, -0.2) is 0 Å². The van der Waals surface area contributed by atoms with E-state index in [0.717, 1.165) is 22.2 Å². The van der Waals surface area contributed by atoms with E-state index in [-0.39, 0.29) is 12.2 Å². The standard InChI is InChI=1S/C42H28N2O/c1-2-11-25(12-3-1)41-32-17-8-9-20-36(32)43-42(44-41)26-21-22-37-35(23-26)40-33-19-10-18-31-29-15-6-4-13-27(29)28-14-5-7-16-30(28)34(39(31)33)24-38(40)45-37/h1-24,41-44H. The number of fused-ring (bicyclic) bond motifs is 10. The van der Waals surface area contributed by atoms with Gasteiger partial charge < -0.3 is 9.73 Å². The summed E-state index contributed by atoms with van der Waals surface area (Å²) in [6.07, 6.45) is -0.0682. The maximum absolute atomic E-state index is 6.65. The molecule has 2 N–H and O–H groups in total. The highest BCUT2D eigenvalue weighted by atomic mass is 16.3. The monoisotopic (exact) mass is 576 g/mol. The second-order valence-corrected chi connectivity index (χ2v) is 12.1. The summed E-state index contributed by atoms with van der Waals surface area (Å²) in [5.41, 5.74) is 14.2. The number of benzene rings is 7. The zero-order valence-corrected chi connectivity index (χ0v) is 24.4. The van der Waals surface area contributed by atoms with E-state index in [1.807, 2.05) is 0 Å². The molecule has 0 saturated heterocycles. The average Bonchev–Trinajstić information content (AvgIpc) is 3.43. The Morgan fingerprint density at radius 3 is 1.91 bits per heavy atom. The molecule has 212 valence electrons. The Hall–Kier alpha value is -5.64. The van der Waals surface area contributed by atoms with Crippen molar-refractivity contribution < 1.29 is 4.42 Å². The Kier molecular flexibility index (Phi) is 5.19. The lowest BCUT2D eigenvalue weighted by Crippen LogP contribution is -2.37. The lowest BCUT2D eigenvalue weighted by Gasteiger charge is -2.35. The van der Waals surface area contributed by atoms with Crippen LogP contribution in [0.2, 0.25) is 0 Å². The van der Waals surface area contributed by atoms with E-state index < -0.39 is 0 Å². The number of hydrogen-bond acceptors (Lipinski definition) is 3. The van der Waals surface area contributed by atoms with Crippen LogP contribution >= 0.6 is 0 Å². The Bertz CT molecular complexity index is 2460. The van der Waals surface area contributed by atoms with Gasteiger partial charge in [-0.05, 0) is 85.1 Å². The highest BCUT2D eigenvalue weighted by Gasteiger charge is 2.29. The molecule has 7 aromatic carbocycles. The third kappa shape index (κ3) is 3.62. The van der Waals surface area contributed by atoms with Crippen LogP contribution in [0, 0.1) is 0 Å². The number of hydrogen-bond donors (Lipinski definition) is 2. The van der Waals surface area contributed by atoms with Gasteiger partial charge in [0.25, 0.3) is 0 Å². The van der Waals surface area contributed by atoms with Gasteiger partial charge in [-0.1, -0.05) is 121 Å². The lowest BCUT2D eigenvalue weighted by molar-refractivity contribution is 0.506. The summed E-state index contributed by atoms with van der Waals surface area (Å²) < 4.78 is 6.65. The SMILES string of the molecule is c1ccc(C2NC(c3ccc4oc5cc6c7c(cccc7c5c4c3)-c3ccccc3-c3ccccc3-6)Nc3ccccc32)cc1. The Morgan fingerprint density at radius 1 is 0.444 bits per heavy atom. The van der Waals surface area contributed by atoms with Crippen LogP contribution in [0.15, 0.2) is 150 Å². The summed E-state index contributed by atoms with van der Waals surface area (Å²) in [5, 5.41) is 12.5. The first-order valence-corrected chi connectivity index (χ1v) is 15.6. The van der Waals surface area contributed by atoms with Crippen LogP contribution in [0.1, 0.15) is 28.9 Å². The zero-order valence-electron chi connectivity index (χ0n) is 24.4. The molecule has 1 aromatic heterocycles. The molecule has 3 heteroatoms. The summed E-state index contributed by atoms with van der Waals surface area (Å²) in [6.45, 7) is 0. The van der Waals surface area contributed by atoms with Crippen molar-refractivity contribution in [3.63, 3.8) is 0 Å². The molecule has 2 aliphatic rings. The molecule has 2 atom stereocenters. The minimum atomic E-state index is -0.0682. The summed E-state index contributed by atoms with van der Waals surface area (Å²) >= 11 is 0. The lowest BCUT2D eigenvalue weighted by atomic mass is 9.91. The smallest absolute Gasteiger partial charge is 0.136 e. The molecule has 10 rings (SSSR count). The molecule has 1 aliphatic carbocycles. The molecular weight excluding hydrogens is 548 g/mol. The topological polar surface area (TPSA) is 37.2 Å². The molecule has 45 heavy (non-hydrogen) atoms. The predicted octanol–water partition coefficient (Wildman–Crippen LogP) is 10.9. The van der Waals surface area contributed by atoms with Gasteiger partial charge in [0.15, 0.2) is 0 Å². The predicted molar refractivity (Wildman–Crippen MR) is 185 cm³/mol. The first kappa shape index (κ1) is 24.8. The first-order valence-electron chi connectivity index (χ1n) is 15.6. The number of para-hydroxylation sites is 1. The van der Waals surface area contributed by atoms with Crippen LogP contribution in [-0.2, 0) is 0 Å². The van der Waals surface area contributed by atoms with E-state index in [1.54, 1.807) is 0 Å². The molecule has 2 unspecified atom stereocenters. The van der Waals surface area contributed by atoms with Crippen LogP contribution in [0.25, 0.3) is 66.1 Å². The molecule has 0 spiro atoms. The third-order valence-electron chi connectivity index (χ3n) is 9.71. The van der Waals surface area contributed by atoms with Gasteiger partial charge in [0.2, 0.25) is 0 Å². The highest BCUT2D eigenvalue weighted by molar-refractivity contribution is 6.26. The van der Waals surface area contributed by atoms with E-state index in [4.69, 9.17) is 4.42 Å². The molecule has 1 aliphatic heterocycles. The van der Waals surface area contributed by atoms with E-state index in [1.165, 1.54) is 66.2 Å². The summed E-state index contributed by atoms with van der Waals surface area (Å²) in [5.74, 6) is 0. The number of furan rings is 1. The molecule has 0 amide bonds. The van der Waals surface area contributed by atoms with E-state index in [9.17, 15) is 0 Å². The van der Waals surface area contributed by atoms with Gasteiger partial charge in [-0.3, -0.25) is 5.32 Å². The number of nitrogens with one attached hydrogen (secondary N) is 2. The Balaban J connectivity index is 1.20. The molecule has 3 nitrogen and oxygen atoms in total. The van der Waals surface area contributed by atoms with Gasteiger partial charge in [-0.25, -0.2) is 0 Å². The fourth-order valence-corrected chi connectivity index (χ4v) is 7.72. The summed E-state index contributed by atoms with van der Waals surface area (Å²) in [4.78, 5) is 0. The maximum Gasteiger partial charge on any atom is 0.136 e.